The first-order chi connectivity index (χ1) is 6.90. The van der Waals surface area contributed by atoms with E-state index in [1.807, 2.05) is 0 Å². The van der Waals surface area contributed by atoms with Gasteiger partial charge in [-0.2, -0.15) is 0 Å². The fraction of sp³-hybridized carbons (Fsp3) is 0. The summed E-state index contributed by atoms with van der Waals surface area (Å²) in [6, 6.07) is 1.04. The quantitative estimate of drug-likeness (QED) is 0.760. The number of benzene rings is 1. The average molecular weight is 295 g/mol. The minimum absolute atomic E-state index is 0.0418. The molecule has 8 heteroatoms. The van der Waals surface area contributed by atoms with Crippen LogP contribution in [0.4, 0.5) is 14.9 Å². The van der Waals surface area contributed by atoms with Crippen LogP contribution < -0.4 is 10.0 Å². The zero-order chi connectivity index (χ0) is 11.2. The largest absolute Gasteiger partial charge is 0.333 e. The van der Waals surface area contributed by atoms with Gasteiger partial charge in [0.15, 0.2) is 0 Å². The number of halogens is 2. The molecule has 1 heterocycles. The number of nitrogens with one attached hydrogen (secondary N) is 2. The molecule has 1 aliphatic heterocycles. The van der Waals surface area contributed by atoms with E-state index in [9.17, 15) is 17.6 Å². The van der Waals surface area contributed by atoms with Crippen molar-refractivity contribution in [1.82, 2.24) is 4.72 Å². The lowest BCUT2D eigenvalue weighted by Gasteiger charge is -2.19. The SMILES string of the molecule is O=C1Nc2c(Br)cc(F)cc2S(=O)(=O)N1. The second-order valence-electron chi connectivity index (χ2n) is 2.82. The fourth-order valence-electron chi connectivity index (χ4n) is 1.20. The normalized spacial score (nSPS) is 17.6. The van der Waals surface area contributed by atoms with E-state index in [1.165, 1.54) is 0 Å². The van der Waals surface area contributed by atoms with Gasteiger partial charge in [0.1, 0.15) is 10.7 Å². The van der Waals surface area contributed by atoms with Gasteiger partial charge >= 0.3 is 6.03 Å². The Balaban J connectivity index is 2.78. The van der Waals surface area contributed by atoms with Crippen molar-refractivity contribution in [3.63, 3.8) is 0 Å². The molecule has 0 unspecified atom stereocenters. The maximum atomic E-state index is 13.0. The molecule has 0 fully saturated rings. The molecule has 1 aromatic carbocycles. The van der Waals surface area contributed by atoms with Crippen LogP contribution in [0.15, 0.2) is 21.5 Å². The van der Waals surface area contributed by atoms with Crippen LogP contribution in [0.2, 0.25) is 0 Å². The molecule has 2 rings (SSSR count). The monoisotopic (exact) mass is 294 g/mol. The number of fused-ring (bicyclic) bond motifs is 1. The standard InChI is InChI=1S/C7H4BrFN2O3S/c8-4-1-3(9)2-5-6(4)10-7(12)11-15(5,13)14/h1-2H,(H2,10,11,12). The maximum absolute atomic E-state index is 13.0. The molecule has 0 bridgehead atoms. The Morgan fingerprint density at radius 3 is 2.67 bits per heavy atom. The third-order valence-electron chi connectivity index (χ3n) is 1.77. The van der Waals surface area contributed by atoms with Crippen molar-refractivity contribution in [3.8, 4) is 0 Å². The Bertz CT molecular complexity index is 558. The van der Waals surface area contributed by atoms with Crippen LogP contribution in [0.25, 0.3) is 0 Å². The highest BCUT2D eigenvalue weighted by Gasteiger charge is 2.29. The molecular formula is C7H4BrFN2O3S. The zero-order valence-corrected chi connectivity index (χ0v) is 9.45. The van der Waals surface area contributed by atoms with E-state index < -0.39 is 21.9 Å². The molecule has 2 N–H and O–H groups in total. The summed E-state index contributed by atoms with van der Waals surface area (Å²) in [6.45, 7) is 0. The average Bonchev–Trinajstić information content (AvgIpc) is 2.06. The summed E-state index contributed by atoms with van der Waals surface area (Å²) in [5.41, 5.74) is 0.0418. The summed E-state index contributed by atoms with van der Waals surface area (Å²) in [6.07, 6.45) is 0. The second-order valence-corrected chi connectivity index (χ2v) is 5.33. The number of carbonyl (C=O) groups is 1. The molecule has 0 atom stereocenters. The molecule has 2 amide bonds. The topological polar surface area (TPSA) is 75.3 Å². The van der Waals surface area contributed by atoms with Gasteiger partial charge in [-0.3, -0.25) is 0 Å². The molecule has 0 aromatic heterocycles. The van der Waals surface area contributed by atoms with Crippen LogP contribution >= 0.6 is 15.9 Å². The van der Waals surface area contributed by atoms with Crippen molar-refractivity contribution in [2.24, 2.45) is 0 Å². The summed E-state index contributed by atoms with van der Waals surface area (Å²) < 4.78 is 37.7. The molecular weight excluding hydrogens is 291 g/mol. The lowest BCUT2D eigenvalue weighted by Crippen LogP contribution is -2.39. The highest BCUT2D eigenvalue weighted by Crippen LogP contribution is 2.33. The predicted octanol–water partition coefficient (Wildman–Crippen LogP) is 1.41. The van der Waals surface area contributed by atoms with Gasteiger partial charge in [0.2, 0.25) is 0 Å². The van der Waals surface area contributed by atoms with Crippen molar-refractivity contribution >= 4 is 37.7 Å². The summed E-state index contributed by atoms with van der Waals surface area (Å²) in [5, 5.41) is 2.27. The van der Waals surface area contributed by atoms with Gasteiger partial charge in [-0.1, -0.05) is 0 Å². The van der Waals surface area contributed by atoms with Gasteiger partial charge in [-0.25, -0.2) is 22.3 Å². The Hall–Kier alpha value is -1.15. The molecule has 0 saturated heterocycles. The molecule has 0 radical (unpaired) electrons. The predicted molar refractivity (Wildman–Crippen MR) is 53.4 cm³/mol. The number of urea groups is 1. The molecule has 1 aromatic rings. The number of anilines is 1. The van der Waals surface area contributed by atoms with Crippen molar-refractivity contribution in [2.45, 2.75) is 4.90 Å². The van der Waals surface area contributed by atoms with E-state index in [-0.39, 0.29) is 15.1 Å². The number of hydrogen-bond donors (Lipinski definition) is 2. The fourth-order valence-corrected chi connectivity index (χ4v) is 2.96. The van der Waals surface area contributed by atoms with Crippen LogP contribution in [0.1, 0.15) is 0 Å². The van der Waals surface area contributed by atoms with E-state index in [4.69, 9.17) is 0 Å². The smallest absolute Gasteiger partial charge is 0.305 e. The number of rotatable bonds is 0. The molecule has 5 nitrogen and oxygen atoms in total. The maximum Gasteiger partial charge on any atom is 0.333 e. The number of sulfonamides is 1. The van der Waals surface area contributed by atoms with Crippen LogP contribution in [-0.4, -0.2) is 14.4 Å². The number of carbonyl (C=O) groups excluding carboxylic acids is 1. The summed E-state index contributed by atoms with van der Waals surface area (Å²) >= 11 is 2.97. The lowest BCUT2D eigenvalue weighted by molar-refractivity contribution is 0.256. The Morgan fingerprint density at radius 1 is 1.33 bits per heavy atom. The van der Waals surface area contributed by atoms with Crippen molar-refractivity contribution in [1.29, 1.82) is 0 Å². The Kier molecular flexibility index (Phi) is 2.19. The zero-order valence-electron chi connectivity index (χ0n) is 7.04. The number of hydrogen-bond acceptors (Lipinski definition) is 3. The van der Waals surface area contributed by atoms with Gasteiger partial charge < -0.3 is 5.32 Å². The Morgan fingerprint density at radius 2 is 2.00 bits per heavy atom. The van der Waals surface area contributed by atoms with Crippen LogP contribution in [0, 0.1) is 5.82 Å². The summed E-state index contributed by atoms with van der Waals surface area (Å²) in [7, 11) is -3.97. The first-order valence-corrected chi connectivity index (χ1v) is 6.00. The van der Waals surface area contributed by atoms with Crippen molar-refractivity contribution in [3.05, 3.63) is 22.4 Å². The van der Waals surface area contributed by atoms with Crippen molar-refractivity contribution < 1.29 is 17.6 Å². The molecule has 1 aliphatic rings. The molecule has 0 aliphatic carbocycles. The third kappa shape index (κ3) is 1.70. The molecule has 0 spiro atoms. The first-order valence-electron chi connectivity index (χ1n) is 3.73. The van der Waals surface area contributed by atoms with Crippen molar-refractivity contribution in [2.75, 3.05) is 5.32 Å². The highest BCUT2D eigenvalue weighted by molar-refractivity contribution is 9.10. The van der Waals surface area contributed by atoms with Gasteiger partial charge in [0, 0.05) is 4.47 Å². The second kappa shape index (κ2) is 3.17. The number of amides is 2. The first kappa shape index (κ1) is 10.4. The van der Waals surface area contributed by atoms with Crippen LogP contribution in [0.5, 0.6) is 0 Å². The Labute approximate surface area is 92.8 Å². The third-order valence-corrected chi connectivity index (χ3v) is 3.75. The summed E-state index contributed by atoms with van der Waals surface area (Å²) in [4.78, 5) is 10.7. The van der Waals surface area contributed by atoms with Gasteiger partial charge in [-0.15, -0.1) is 0 Å². The molecule has 15 heavy (non-hydrogen) atoms. The highest BCUT2D eigenvalue weighted by atomic mass is 79.9. The van der Waals surface area contributed by atoms with E-state index >= 15 is 0 Å². The van der Waals surface area contributed by atoms with Gasteiger partial charge in [0.25, 0.3) is 10.0 Å². The lowest BCUT2D eigenvalue weighted by atomic mass is 10.3. The molecule has 80 valence electrons. The summed E-state index contributed by atoms with van der Waals surface area (Å²) in [5.74, 6) is -0.706. The molecule has 0 saturated carbocycles. The van der Waals surface area contributed by atoms with Gasteiger partial charge in [-0.05, 0) is 28.1 Å². The van der Waals surface area contributed by atoms with E-state index in [0.29, 0.717) is 0 Å². The minimum atomic E-state index is -3.97. The van der Waals surface area contributed by atoms with Crippen LogP contribution in [-0.2, 0) is 10.0 Å². The van der Waals surface area contributed by atoms with E-state index in [2.05, 4.69) is 21.2 Å². The van der Waals surface area contributed by atoms with Crippen LogP contribution in [0.3, 0.4) is 0 Å². The van der Waals surface area contributed by atoms with E-state index in [1.54, 1.807) is 4.72 Å². The van der Waals surface area contributed by atoms with E-state index in [0.717, 1.165) is 12.1 Å². The minimum Gasteiger partial charge on any atom is -0.305 e. The van der Waals surface area contributed by atoms with Gasteiger partial charge in [0.05, 0.1) is 5.69 Å².